The second-order valence-electron chi connectivity index (χ2n) is 7.66. The third kappa shape index (κ3) is 6.04. The Kier molecular flexibility index (Phi) is 7.47. The Labute approximate surface area is 178 Å². The molecule has 0 spiro atoms. The molecule has 0 atom stereocenters. The molecule has 0 saturated carbocycles. The van der Waals surface area contributed by atoms with Gasteiger partial charge in [-0.05, 0) is 62.2 Å². The summed E-state index contributed by atoms with van der Waals surface area (Å²) in [5, 5.41) is 0. The second kappa shape index (κ2) is 10.1. The molecular weight excluding hydrogens is 400 g/mol. The van der Waals surface area contributed by atoms with Crippen LogP contribution >= 0.6 is 0 Å². The zero-order valence-corrected chi connectivity index (χ0v) is 18.2. The van der Waals surface area contributed by atoms with Crippen molar-refractivity contribution in [2.75, 3.05) is 44.2 Å². The number of primary amides is 1. The lowest BCUT2D eigenvalue weighted by Gasteiger charge is -2.36. The topological polar surface area (TPSA) is 95.7 Å². The third-order valence-electron chi connectivity index (χ3n) is 5.36. The minimum atomic E-state index is -3.64. The Morgan fingerprint density at radius 1 is 1.03 bits per heavy atom. The molecule has 1 heterocycles. The maximum atomic E-state index is 12.4. The normalized spacial score (nSPS) is 15.3. The van der Waals surface area contributed by atoms with E-state index in [-0.39, 0.29) is 10.5 Å². The summed E-state index contributed by atoms with van der Waals surface area (Å²) < 4.78 is 27.4. The number of amides is 1. The molecule has 7 nitrogen and oxygen atoms in total. The molecule has 0 radical (unpaired) electrons. The van der Waals surface area contributed by atoms with Gasteiger partial charge in [-0.1, -0.05) is 18.2 Å². The summed E-state index contributed by atoms with van der Waals surface area (Å²) in [5.74, 6) is -0.644. The molecule has 0 bridgehead atoms. The van der Waals surface area contributed by atoms with Gasteiger partial charge in [-0.15, -0.1) is 0 Å². The maximum Gasteiger partial charge on any atom is 0.248 e. The van der Waals surface area contributed by atoms with Gasteiger partial charge in [0.25, 0.3) is 0 Å². The Balaban J connectivity index is 1.37. The van der Waals surface area contributed by atoms with Crippen LogP contribution in [-0.2, 0) is 10.0 Å². The van der Waals surface area contributed by atoms with E-state index >= 15 is 0 Å². The molecule has 1 aliphatic rings. The van der Waals surface area contributed by atoms with Crippen LogP contribution in [0.2, 0.25) is 0 Å². The molecule has 3 N–H and O–H groups in total. The second-order valence-corrected chi connectivity index (χ2v) is 9.43. The number of sulfonamides is 1. The number of benzene rings is 2. The fraction of sp³-hybridized carbons (Fsp3) is 0.409. The fourth-order valence-electron chi connectivity index (χ4n) is 3.62. The highest BCUT2D eigenvalue weighted by Crippen LogP contribution is 2.18. The standard InChI is InChI=1S/C22H30N4O3S/c1-18-6-4-8-20(16-18)26-14-12-25(13-15-26)11-3-2-10-24-30(28,29)21-9-5-7-19(17-21)22(23)27/h4-9,16-17,24H,2-3,10-15H2,1H3,(H2,23,27). The lowest BCUT2D eigenvalue weighted by molar-refractivity contribution is 0.1000. The number of unbranched alkanes of at least 4 members (excludes halogenated alkanes) is 1. The number of carbonyl (C=O) groups is 1. The molecular formula is C22H30N4O3S. The molecule has 0 aliphatic carbocycles. The first-order valence-electron chi connectivity index (χ1n) is 10.3. The number of piperazine rings is 1. The van der Waals surface area contributed by atoms with E-state index in [0.717, 1.165) is 45.6 Å². The predicted molar refractivity (Wildman–Crippen MR) is 119 cm³/mol. The molecule has 1 aliphatic heterocycles. The smallest absolute Gasteiger partial charge is 0.248 e. The monoisotopic (exact) mass is 430 g/mol. The SMILES string of the molecule is Cc1cccc(N2CCN(CCCCNS(=O)(=O)c3cccc(C(N)=O)c3)CC2)c1. The number of nitrogens with one attached hydrogen (secondary N) is 1. The molecule has 1 amide bonds. The van der Waals surface area contributed by atoms with Gasteiger partial charge >= 0.3 is 0 Å². The number of hydrogen-bond acceptors (Lipinski definition) is 5. The minimum absolute atomic E-state index is 0.0612. The first-order valence-corrected chi connectivity index (χ1v) is 11.8. The van der Waals surface area contributed by atoms with Crippen molar-refractivity contribution in [3.05, 3.63) is 59.7 Å². The highest BCUT2D eigenvalue weighted by atomic mass is 32.2. The van der Waals surface area contributed by atoms with Crippen molar-refractivity contribution in [1.82, 2.24) is 9.62 Å². The molecule has 8 heteroatoms. The van der Waals surface area contributed by atoms with Crippen LogP contribution in [-0.4, -0.2) is 58.5 Å². The van der Waals surface area contributed by atoms with Gasteiger partial charge in [0.15, 0.2) is 0 Å². The van der Waals surface area contributed by atoms with E-state index in [0.29, 0.717) is 6.54 Å². The van der Waals surface area contributed by atoms with E-state index in [4.69, 9.17) is 5.73 Å². The van der Waals surface area contributed by atoms with Gasteiger partial charge in [0.2, 0.25) is 15.9 Å². The highest BCUT2D eigenvalue weighted by Gasteiger charge is 2.18. The summed E-state index contributed by atoms with van der Waals surface area (Å²) in [6, 6.07) is 14.4. The summed E-state index contributed by atoms with van der Waals surface area (Å²) in [6.45, 7) is 7.48. The first-order chi connectivity index (χ1) is 14.3. The van der Waals surface area contributed by atoms with Crippen LogP contribution < -0.4 is 15.4 Å². The lowest BCUT2D eigenvalue weighted by Crippen LogP contribution is -2.46. The molecule has 3 rings (SSSR count). The van der Waals surface area contributed by atoms with E-state index in [1.165, 1.54) is 35.5 Å². The van der Waals surface area contributed by atoms with Gasteiger partial charge in [0.1, 0.15) is 0 Å². The van der Waals surface area contributed by atoms with Gasteiger partial charge in [-0.2, -0.15) is 0 Å². The number of nitrogens with two attached hydrogens (primary N) is 1. The van der Waals surface area contributed by atoms with Gasteiger partial charge in [-0.3, -0.25) is 9.69 Å². The van der Waals surface area contributed by atoms with Gasteiger partial charge in [0, 0.05) is 44.0 Å². The average Bonchev–Trinajstić information content (AvgIpc) is 2.74. The van der Waals surface area contributed by atoms with Crippen LogP contribution in [0.4, 0.5) is 5.69 Å². The molecule has 30 heavy (non-hydrogen) atoms. The highest BCUT2D eigenvalue weighted by molar-refractivity contribution is 7.89. The van der Waals surface area contributed by atoms with E-state index in [1.54, 1.807) is 0 Å². The lowest BCUT2D eigenvalue weighted by atomic mass is 10.2. The van der Waals surface area contributed by atoms with Crippen LogP contribution in [0, 0.1) is 6.92 Å². The first kappa shape index (κ1) is 22.3. The molecule has 2 aromatic carbocycles. The van der Waals surface area contributed by atoms with Crippen molar-refractivity contribution >= 4 is 21.6 Å². The number of anilines is 1. The molecule has 0 unspecified atom stereocenters. The summed E-state index contributed by atoms with van der Waals surface area (Å²) in [4.78, 5) is 16.1. The zero-order valence-electron chi connectivity index (χ0n) is 17.4. The molecule has 0 aromatic heterocycles. The number of hydrogen-bond donors (Lipinski definition) is 2. The number of rotatable bonds is 9. The van der Waals surface area contributed by atoms with Gasteiger partial charge in [-0.25, -0.2) is 13.1 Å². The Hall–Kier alpha value is -2.42. The van der Waals surface area contributed by atoms with Gasteiger partial charge < -0.3 is 10.6 Å². The van der Waals surface area contributed by atoms with E-state index in [2.05, 4.69) is 45.7 Å². The Morgan fingerprint density at radius 2 is 1.77 bits per heavy atom. The van der Waals surface area contributed by atoms with Crippen molar-refractivity contribution < 1.29 is 13.2 Å². The summed E-state index contributed by atoms with van der Waals surface area (Å²) in [5.41, 5.74) is 7.96. The summed E-state index contributed by atoms with van der Waals surface area (Å²) in [6.07, 6.45) is 1.68. The minimum Gasteiger partial charge on any atom is -0.369 e. The van der Waals surface area contributed by atoms with Crippen LogP contribution in [0.15, 0.2) is 53.4 Å². The largest absolute Gasteiger partial charge is 0.369 e. The third-order valence-corrected chi connectivity index (χ3v) is 6.82. The average molecular weight is 431 g/mol. The summed E-state index contributed by atoms with van der Waals surface area (Å²) >= 11 is 0. The zero-order chi connectivity index (χ0) is 21.6. The maximum absolute atomic E-state index is 12.4. The Bertz CT molecular complexity index is 970. The molecule has 2 aromatic rings. The van der Waals surface area contributed by atoms with Crippen LogP contribution in [0.1, 0.15) is 28.8 Å². The van der Waals surface area contributed by atoms with Crippen molar-refractivity contribution in [3.8, 4) is 0 Å². The van der Waals surface area contributed by atoms with Crippen molar-refractivity contribution in [2.45, 2.75) is 24.7 Å². The van der Waals surface area contributed by atoms with E-state index in [9.17, 15) is 13.2 Å². The van der Waals surface area contributed by atoms with Crippen molar-refractivity contribution in [1.29, 1.82) is 0 Å². The fourth-order valence-corrected chi connectivity index (χ4v) is 4.74. The van der Waals surface area contributed by atoms with Crippen LogP contribution in [0.3, 0.4) is 0 Å². The van der Waals surface area contributed by atoms with E-state index < -0.39 is 15.9 Å². The van der Waals surface area contributed by atoms with Crippen molar-refractivity contribution in [3.63, 3.8) is 0 Å². The van der Waals surface area contributed by atoms with Crippen molar-refractivity contribution in [2.24, 2.45) is 5.73 Å². The predicted octanol–water partition coefficient (Wildman–Crippen LogP) is 1.97. The van der Waals surface area contributed by atoms with Crippen LogP contribution in [0.25, 0.3) is 0 Å². The molecule has 1 fully saturated rings. The Morgan fingerprint density at radius 3 is 2.47 bits per heavy atom. The van der Waals surface area contributed by atoms with Crippen LogP contribution in [0.5, 0.6) is 0 Å². The van der Waals surface area contributed by atoms with E-state index in [1.807, 2.05) is 0 Å². The number of carbonyl (C=O) groups excluding carboxylic acids is 1. The van der Waals surface area contributed by atoms with Gasteiger partial charge in [0.05, 0.1) is 4.90 Å². The summed E-state index contributed by atoms with van der Waals surface area (Å²) in [7, 11) is -3.64. The number of aryl methyl sites for hydroxylation is 1. The number of nitrogens with zero attached hydrogens (tertiary/aromatic N) is 2. The molecule has 162 valence electrons. The molecule has 1 saturated heterocycles. The quantitative estimate of drug-likeness (QED) is 0.593.